The van der Waals surface area contributed by atoms with Gasteiger partial charge in [-0.15, -0.1) is 0 Å². The summed E-state index contributed by atoms with van der Waals surface area (Å²) in [7, 11) is 0. The summed E-state index contributed by atoms with van der Waals surface area (Å²) >= 11 is 0. The Morgan fingerprint density at radius 1 is 1.40 bits per heavy atom. The van der Waals surface area contributed by atoms with Crippen molar-refractivity contribution in [3.05, 3.63) is 0 Å². The number of ether oxygens (including phenoxy) is 1. The summed E-state index contributed by atoms with van der Waals surface area (Å²) in [6.45, 7) is 1.15. The Labute approximate surface area is 85.8 Å². The van der Waals surface area contributed by atoms with Crippen molar-refractivity contribution in [3.63, 3.8) is 0 Å². The van der Waals surface area contributed by atoms with Gasteiger partial charge in [0.25, 0.3) is 0 Å². The Morgan fingerprint density at radius 3 is 2.80 bits per heavy atom. The molecule has 0 bridgehead atoms. The molecule has 0 aromatic heterocycles. The van der Waals surface area contributed by atoms with Crippen LogP contribution in [0, 0.1) is 0 Å². The van der Waals surface area contributed by atoms with Gasteiger partial charge in [-0.2, -0.15) is 4.89 Å². The van der Waals surface area contributed by atoms with E-state index in [9.17, 15) is 10.2 Å². The first-order valence-corrected chi connectivity index (χ1v) is 4.63. The van der Waals surface area contributed by atoms with E-state index in [-0.39, 0.29) is 5.90 Å². The maximum atomic E-state index is 9.70. The van der Waals surface area contributed by atoms with Crippen LogP contribution in [0.25, 0.3) is 0 Å². The monoisotopic (exact) mass is 219 g/mol. The third-order valence-electron chi connectivity index (χ3n) is 2.45. The number of hydrogen-bond donors (Lipinski definition) is 3. The first-order chi connectivity index (χ1) is 7.13. The molecule has 1 saturated heterocycles. The number of nitrogens with zero attached hydrogens (tertiary/aromatic N) is 1. The normalized spacial score (nSPS) is 45.3. The third-order valence-corrected chi connectivity index (χ3v) is 2.45. The molecule has 7 nitrogen and oxygen atoms in total. The molecule has 2 aliphatic rings. The van der Waals surface area contributed by atoms with Gasteiger partial charge in [0, 0.05) is 6.92 Å². The van der Waals surface area contributed by atoms with Crippen molar-refractivity contribution >= 4 is 5.90 Å². The van der Waals surface area contributed by atoms with Gasteiger partial charge in [-0.05, 0) is 0 Å². The number of rotatable bonds is 1. The molecule has 0 amide bonds. The second kappa shape index (κ2) is 4.03. The first kappa shape index (κ1) is 10.8. The molecule has 2 heterocycles. The summed E-state index contributed by atoms with van der Waals surface area (Å²) in [5, 5.41) is 28.1. The van der Waals surface area contributed by atoms with E-state index in [0.29, 0.717) is 0 Å². The molecule has 15 heavy (non-hydrogen) atoms. The van der Waals surface area contributed by atoms with Gasteiger partial charge in [-0.1, -0.05) is 0 Å². The Balaban J connectivity index is 2.18. The fourth-order valence-corrected chi connectivity index (χ4v) is 1.67. The summed E-state index contributed by atoms with van der Waals surface area (Å²) < 4.78 is 4.98. The summed E-state index contributed by atoms with van der Waals surface area (Å²) in [5.74, 6) is 0.258. The Hall–Kier alpha value is -0.730. The van der Waals surface area contributed by atoms with Gasteiger partial charge in [0.15, 0.2) is 12.4 Å². The SMILES string of the molecule is CC1=N[C@@H]2[C@@H](OO1)[C@H](O)[C@@H](CO)O[C@H]2O. The zero-order chi connectivity index (χ0) is 11.0. The smallest absolute Gasteiger partial charge is 0.225 e. The van der Waals surface area contributed by atoms with Crippen molar-refractivity contribution < 1.29 is 29.8 Å². The van der Waals surface area contributed by atoms with Crippen molar-refractivity contribution in [2.75, 3.05) is 6.61 Å². The van der Waals surface area contributed by atoms with Crippen LogP contribution in [0.4, 0.5) is 0 Å². The number of hydrogen-bond acceptors (Lipinski definition) is 7. The fourth-order valence-electron chi connectivity index (χ4n) is 1.67. The summed E-state index contributed by atoms with van der Waals surface area (Å²) in [4.78, 5) is 13.5. The number of aliphatic hydroxyl groups is 3. The predicted molar refractivity (Wildman–Crippen MR) is 46.8 cm³/mol. The van der Waals surface area contributed by atoms with E-state index in [2.05, 4.69) is 4.99 Å². The van der Waals surface area contributed by atoms with Crippen molar-refractivity contribution in [3.8, 4) is 0 Å². The summed E-state index contributed by atoms with van der Waals surface area (Å²) in [6, 6.07) is -0.725. The van der Waals surface area contributed by atoms with Crippen LogP contribution >= 0.6 is 0 Å². The Bertz CT molecular complexity index is 270. The molecule has 0 spiro atoms. The van der Waals surface area contributed by atoms with Crippen LogP contribution in [0.15, 0.2) is 4.99 Å². The van der Waals surface area contributed by atoms with Crippen LogP contribution < -0.4 is 0 Å². The fraction of sp³-hybridized carbons (Fsp3) is 0.875. The highest BCUT2D eigenvalue weighted by molar-refractivity contribution is 5.73. The minimum Gasteiger partial charge on any atom is -0.394 e. The zero-order valence-corrected chi connectivity index (χ0v) is 8.11. The number of aliphatic hydroxyl groups excluding tert-OH is 3. The molecule has 1 fully saturated rings. The zero-order valence-electron chi connectivity index (χ0n) is 8.11. The second-order valence-corrected chi connectivity index (χ2v) is 3.52. The average Bonchev–Trinajstić information content (AvgIpc) is 2.23. The molecule has 3 N–H and O–H groups in total. The molecule has 0 aromatic carbocycles. The molecule has 0 radical (unpaired) electrons. The highest BCUT2D eigenvalue weighted by Crippen LogP contribution is 2.27. The largest absolute Gasteiger partial charge is 0.394 e. The number of fused-ring (bicyclic) bond motifs is 1. The van der Waals surface area contributed by atoms with Crippen molar-refractivity contribution in [1.82, 2.24) is 0 Å². The van der Waals surface area contributed by atoms with Crippen LogP contribution in [-0.4, -0.2) is 58.5 Å². The average molecular weight is 219 g/mol. The second-order valence-electron chi connectivity index (χ2n) is 3.52. The van der Waals surface area contributed by atoms with E-state index in [1.807, 2.05) is 0 Å². The number of aliphatic imine (C=N–C) groups is 1. The standard InChI is InChI=1S/C8H13NO6/c1-3-9-5-7(15-14-3)6(11)4(2-10)13-8(5)12/h4-8,10-12H,2H2,1H3/t4-,5-,6-,7-,8-/m1/s1. The van der Waals surface area contributed by atoms with Gasteiger partial charge >= 0.3 is 0 Å². The van der Waals surface area contributed by atoms with Crippen LogP contribution in [0.1, 0.15) is 6.92 Å². The Morgan fingerprint density at radius 2 is 2.13 bits per heavy atom. The lowest BCUT2D eigenvalue weighted by molar-refractivity contribution is -0.346. The maximum absolute atomic E-state index is 9.70. The molecular weight excluding hydrogens is 206 g/mol. The summed E-state index contributed by atoms with van der Waals surface area (Å²) in [6.07, 6.45) is -4.01. The molecule has 5 atom stereocenters. The Kier molecular flexibility index (Phi) is 2.89. The molecular formula is C8H13NO6. The minimum atomic E-state index is -1.21. The molecule has 86 valence electrons. The van der Waals surface area contributed by atoms with Crippen LogP contribution in [-0.2, 0) is 14.5 Å². The van der Waals surface area contributed by atoms with Gasteiger partial charge in [-0.25, -0.2) is 4.99 Å². The van der Waals surface area contributed by atoms with Crippen molar-refractivity contribution in [1.29, 1.82) is 0 Å². The highest BCUT2D eigenvalue weighted by Gasteiger charge is 2.48. The van der Waals surface area contributed by atoms with Crippen molar-refractivity contribution in [2.45, 2.75) is 37.6 Å². The van der Waals surface area contributed by atoms with E-state index >= 15 is 0 Å². The predicted octanol–water partition coefficient (Wildman–Crippen LogP) is -1.83. The van der Waals surface area contributed by atoms with E-state index in [1.54, 1.807) is 6.92 Å². The van der Waals surface area contributed by atoms with Gasteiger partial charge in [-0.3, -0.25) is 0 Å². The van der Waals surface area contributed by atoms with E-state index in [0.717, 1.165) is 0 Å². The lowest BCUT2D eigenvalue weighted by Gasteiger charge is -2.41. The molecule has 0 unspecified atom stereocenters. The van der Waals surface area contributed by atoms with Gasteiger partial charge in [0.05, 0.1) is 6.61 Å². The topological polar surface area (TPSA) is 101 Å². The molecule has 0 aliphatic carbocycles. The van der Waals surface area contributed by atoms with E-state index < -0.39 is 37.3 Å². The van der Waals surface area contributed by atoms with Gasteiger partial charge in [0.1, 0.15) is 18.2 Å². The molecule has 2 aliphatic heterocycles. The minimum absolute atomic E-state index is 0.258. The summed E-state index contributed by atoms with van der Waals surface area (Å²) in [5.41, 5.74) is 0. The first-order valence-electron chi connectivity index (χ1n) is 4.63. The van der Waals surface area contributed by atoms with E-state index in [4.69, 9.17) is 19.6 Å². The van der Waals surface area contributed by atoms with Gasteiger partial charge < -0.3 is 24.9 Å². The highest BCUT2D eigenvalue weighted by atomic mass is 17.2. The van der Waals surface area contributed by atoms with Crippen LogP contribution in [0.3, 0.4) is 0 Å². The maximum Gasteiger partial charge on any atom is 0.225 e. The van der Waals surface area contributed by atoms with Crippen molar-refractivity contribution in [2.24, 2.45) is 4.99 Å². The molecule has 2 rings (SSSR count). The molecule has 0 saturated carbocycles. The lowest BCUT2D eigenvalue weighted by atomic mass is 9.97. The van der Waals surface area contributed by atoms with Crippen LogP contribution in [0.2, 0.25) is 0 Å². The molecule has 0 aromatic rings. The lowest BCUT2D eigenvalue weighted by Crippen LogP contribution is -2.60. The van der Waals surface area contributed by atoms with E-state index in [1.165, 1.54) is 0 Å². The molecule has 7 heteroatoms. The quantitative estimate of drug-likeness (QED) is 0.449. The van der Waals surface area contributed by atoms with Gasteiger partial charge in [0.2, 0.25) is 5.90 Å². The van der Waals surface area contributed by atoms with Crippen LogP contribution in [0.5, 0.6) is 0 Å². The third kappa shape index (κ3) is 1.84.